The molecule has 7 nitrogen and oxygen atoms in total. The summed E-state index contributed by atoms with van der Waals surface area (Å²) in [7, 11) is 0. The molecule has 0 aliphatic carbocycles. The lowest BCUT2D eigenvalue weighted by Gasteiger charge is -2.25. The molecule has 1 amide bonds. The van der Waals surface area contributed by atoms with Gasteiger partial charge in [-0.25, -0.2) is 9.18 Å². The van der Waals surface area contributed by atoms with Crippen LogP contribution in [0.1, 0.15) is 64.2 Å². The fourth-order valence-corrected chi connectivity index (χ4v) is 3.62. The number of amides is 1. The lowest BCUT2D eigenvalue weighted by atomic mass is 9.94. The van der Waals surface area contributed by atoms with Gasteiger partial charge < -0.3 is 19.9 Å². The molecule has 1 atom stereocenters. The Morgan fingerprint density at radius 3 is 2.51 bits per heavy atom. The number of ether oxygens (including phenoxy) is 2. The van der Waals surface area contributed by atoms with E-state index in [0.29, 0.717) is 35.6 Å². The number of alkyl halides is 3. The summed E-state index contributed by atoms with van der Waals surface area (Å²) in [5, 5.41) is 12.3. The fourth-order valence-electron chi connectivity index (χ4n) is 3.62. The van der Waals surface area contributed by atoms with E-state index in [1.165, 1.54) is 18.2 Å². The molecule has 2 N–H and O–H groups in total. The first-order valence-corrected chi connectivity index (χ1v) is 11.2. The van der Waals surface area contributed by atoms with Crippen molar-refractivity contribution in [3.05, 3.63) is 89.0 Å². The SMILES string of the molecule is CC(C)c1cc(C(=O)NC2CCOc3cccnc32)ccc1C(=O)O.Fc1ccccc1OC(F)(F)F. The topological polar surface area (TPSA) is 97.8 Å². The molecule has 37 heavy (non-hydrogen) atoms. The number of carboxylic acids is 1. The highest BCUT2D eigenvalue weighted by atomic mass is 19.4. The molecular formula is C26H24F4N2O5. The van der Waals surface area contributed by atoms with Gasteiger partial charge in [-0.3, -0.25) is 9.78 Å². The number of nitrogens with one attached hydrogen (secondary N) is 1. The molecule has 0 fully saturated rings. The van der Waals surface area contributed by atoms with Crippen molar-refractivity contribution in [2.45, 2.75) is 38.6 Å². The van der Waals surface area contributed by atoms with Crippen LogP contribution in [0, 0.1) is 5.82 Å². The van der Waals surface area contributed by atoms with E-state index in [1.807, 2.05) is 19.9 Å². The van der Waals surface area contributed by atoms with Crippen molar-refractivity contribution in [1.82, 2.24) is 10.3 Å². The number of hydrogen-bond donors (Lipinski definition) is 2. The Kier molecular flexibility index (Phi) is 8.69. The summed E-state index contributed by atoms with van der Waals surface area (Å²) in [6.45, 7) is 4.32. The van der Waals surface area contributed by atoms with Crippen molar-refractivity contribution >= 4 is 11.9 Å². The first-order valence-electron chi connectivity index (χ1n) is 11.2. The summed E-state index contributed by atoms with van der Waals surface area (Å²) in [5.41, 5.74) is 2.03. The largest absolute Gasteiger partial charge is 0.573 e. The number of nitrogens with zero attached hydrogens (tertiary/aromatic N) is 1. The van der Waals surface area contributed by atoms with Crippen molar-refractivity contribution in [3.8, 4) is 11.5 Å². The van der Waals surface area contributed by atoms with Gasteiger partial charge in [0.05, 0.1) is 18.2 Å². The van der Waals surface area contributed by atoms with E-state index >= 15 is 0 Å². The normalized spacial score (nSPS) is 14.5. The Bertz CT molecular complexity index is 1260. The van der Waals surface area contributed by atoms with Crippen LogP contribution < -0.4 is 14.8 Å². The average Bonchev–Trinajstić information content (AvgIpc) is 2.85. The number of hydrogen-bond acceptors (Lipinski definition) is 5. The number of carbonyl (C=O) groups is 2. The molecule has 1 aliphatic heterocycles. The number of aromatic nitrogens is 1. The molecule has 1 aromatic heterocycles. The van der Waals surface area contributed by atoms with Crippen LogP contribution in [0.4, 0.5) is 17.6 Å². The van der Waals surface area contributed by atoms with Crippen molar-refractivity contribution in [3.63, 3.8) is 0 Å². The second-order valence-corrected chi connectivity index (χ2v) is 8.29. The number of halogens is 4. The van der Waals surface area contributed by atoms with Crippen LogP contribution in [-0.2, 0) is 0 Å². The van der Waals surface area contributed by atoms with Crippen LogP contribution in [0.15, 0.2) is 60.8 Å². The zero-order valence-corrected chi connectivity index (χ0v) is 19.9. The van der Waals surface area contributed by atoms with Crippen LogP contribution in [0.25, 0.3) is 0 Å². The monoisotopic (exact) mass is 520 g/mol. The van der Waals surface area contributed by atoms with Gasteiger partial charge in [-0.1, -0.05) is 26.0 Å². The van der Waals surface area contributed by atoms with Gasteiger partial charge in [0.1, 0.15) is 11.4 Å². The molecule has 11 heteroatoms. The molecular weight excluding hydrogens is 496 g/mol. The maximum absolute atomic E-state index is 12.7. The Hall–Kier alpha value is -4.15. The minimum Gasteiger partial charge on any atom is -0.491 e. The third kappa shape index (κ3) is 7.42. The quantitative estimate of drug-likeness (QED) is 0.408. The summed E-state index contributed by atoms with van der Waals surface area (Å²) in [5.74, 6) is -2.40. The lowest BCUT2D eigenvalue weighted by molar-refractivity contribution is -0.275. The number of rotatable bonds is 5. The number of carboxylic acid groups (broad SMARTS) is 1. The molecule has 0 spiro atoms. The summed E-state index contributed by atoms with van der Waals surface area (Å²) >= 11 is 0. The lowest BCUT2D eigenvalue weighted by Crippen LogP contribution is -2.33. The number of fused-ring (bicyclic) bond motifs is 1. The summed E-state index contributed by atoms with van der Waals surface area (Å²) in [6.07, 6.45) is -2.53. The smallest absolute Gasteiger partial charge is 0.491 e. The number of benzene rings is 2. The first kappa shape index (κ1) is 27.4. The number of aromatic carboxylic acids is 1. The molecule has 4 rings (SSSR count). The van der Waals surface area contributed by atoms with Gasteiger partial charge in [0, 0.05) is 18.2 Å². The summed E-state index contributed by atoms with van der Waals surface area (Å²) in [6, 6.07) is 12.4. The molecule has 0 saturated carbocycles. The fraction of sp³-hybridized carbons (Fsp3) is 0.269. The van der Waals surface area contributed by atoms with E-state index in [4.69, 9.17) is 4.74 Å². The van der Waals surface area contributed by atoms with Crippen LogP contribution in [-0.4, -0.2) is 34.9 Å². The van der Waals surface area contributed by atoms with E-state index < -0.39 is 23.9 Å². The van der Waals surface area contributed by atoms with Crippen LogP contribution in [0.3, 0.4) is 0 Å². The minimum absolute atomic E-state index is 0.00400. The van der Waals surface area contributed by atoms with Gasteiger partial charge in [-0.05, 0) is 53.9 Å². The Balaban J connectivity index is 0.000000266. The highest BCUT2D eigenvalue weighted by molar-refractivity contribution is 5.97. The Morgan fingerprint density at radius 1 is 1.14 bits per heavy atom. The van der Waals surface area contributed by atoms with Crippen molar-refractivity contribution < 1.29 is 41.7 Å². The van der Waals surface area contributed by atoms with Gasteiger partial charge in [-0.2, -0.15) is 0 Å². The molecule has 2 heterocycles. The van der Waals surface area contributed by atoms with E-state index in [-0.39, 0.29) is 23.4 Å². The highest BCUT2D eigenvalue weighted by Crippen LogP contribution is 2.30. The minimum atomic E-state index is -4.85. The van der Waals surface area contributed by atoms with E-state index in [1.54, 1.807) is 24.4 Å². The van der Waals surface area contributed by atoms with Crippen molar-refractivity contribution in [1.29, 1.82) is 0 Å². The number of para-hydroxylation sites is 1. The molecule has 0 bridgehead atoms. The molecule has 196 valence electrons. The predicted octanol–water partition coefficient (Wildman–Crippen LogP) is 5.88. The number of carbonyl (C=O) groups excluding carboxylic acids is 1. The Labute approximate surface area is 210 Å². The van der Waals surface area contributed by atoms with Gasteiger partial charge in [-0.15, -0.1) is 13.2 Å². The second kappa shape index (κ2) is 11.7. The molecule has 0 saturated heterocycles. The zero-order chi connectivity index (χ0) is 27.2. The van der Waals surface area contributed by atoms with Gasteiger partial charge in [0.2, 0.25) is 0 Å². The third-order valence-electron chi connectivity index (χ3n) is 5.33. The van der Waals surface area contributed by atoms with E-state index in [0.717, 1.165) is 12.1 Å². The maximum atomic E-state index is 12.7. The van der Waals surface area contributed by atoms with Crippen LogP contribution in [0.2, 0.25) is 0 Å². The van der Waals surface area contributed by atoms with E-state index in [2.05, 4.69) is 15.0 Å². The van der Waals surface area contributed by atoms with Crippen molar-refractivity contribution in [2.24, 2.45) is 0 Å². The Morgan fingerprint density at radius 2 is 1.86 bits per heavy atom. The van der Waals surface area contributed by atoms with Crippen LogP contribution in [0.5, 0.6) is 11.5 Å². The highest BCUT2D eigenvalue weighted by Gasteiger charge is 2.32. The zero-order valence-electron chi connectivity index (χ0n) is 19.9. The molecule has 2 aromatic carbocycles. The van der Waals surface area contributed by atoms with E-state index in [9.17, 15) is 32.3 Å². The predicted molar refractivity (Wildman–Crippen MR) is 125 cm³/mol. The number of pyridine rings is 1. The average molecular weight is 520 g/mol. The standard InChI is InChI=1S/C19H20N2O4.C7H4F4O/c1-11(2)14-10-12(5-6-13(14)19(23)24)18(22)21-15-7-9-25-16-4-3-8-20-17(15)16;8-5-3-1-2-4-6(5)12-7(9,10)11/h3-6,8,10-11,15H,7,9H2,1-2H3,(H,21,22)(H,23,24);1-4H. The van der Waals surface area contributed by atoms with Crippen LogP contribution >= 0.6 is 0 Å². The second-order valence-electron chi connectivity index (χ2n) is 8.29. The van der Waals surface area contributed by atoms with Gasteiger partial charge >= 0.3 is 12.3 Å². The molecule has 1 aliphatic rings. The summed E-state index contributed by atoms with van der Waals surface area (Å²) in [4.78, 5) is 28.3. The van der Waals surface area contributed by atoms with Crippen molar-refractivity contribution in [2.75, 3.05) is 6.61 Å². The summed E-state index contributed by atoms with van der Waals surface area (Å²) < 4.78 is 56.0. The van der Waals surface area contributed by atoms with Gasteiger partial charge in [0.15, 0.2) is 11.6 Å². The van der Waals surface area contributed by atoms with Gasteiger partial charge in [0.25, 0.3) is 5.91 Å². The third-order valence-corrected chi connectivity index (χ3v) is 5.33. The molecule has 1 unspecified atom stereocenters. The first-order chi connectivity index (χ1) is 17.5. The maximum Gasteiger partial charge on any atom is 0.573 e. The molecule has 0 radical (unpaired) electrons. The molecule has 3 aromatic rings.